The van der Waals surface area contributed by atoms with Crippen LogP contribution in [0.3, 0.4) is 0 Å². The fourth-order valence-corrected chi connectivity index (χ4v) is 2.71. The normalized spacial score (nSPS) is 11.9. The minimum absolute atomic E-state index is 0.122. The molecule has 0 spiro atoms. The third-order valence-corrected chi connectivity index (χ3v) is 3.81. The molecule has 0 radical (unpaired) electrons. The fourth-order valence-electron chi connectivity index (χ4n) is 2.71. The van der Waals surface area contributed by atoms with Crippen LogP contribution in [-0.2, 0) is 5.41 Å². The lowest BCUT2D eigenvalue weighted by molar-refractivity contribution is -2.00. The number of hydrogen-bond acceptors (Lipinski definition) is 5. The first-order valence-electron chi connectivity index (χ1n) is 8.11. The highest BCUT2D eigenvalue weighted by Gasteiger charge is 2.22. The van der Waals surface area contributed by atoms with Gasteiger partial charge in [-0.05, 0) is 43.9 Å². The van der Waals surface area contributed by atoms with Gasteiger partial charge in [0.25, 0.3) is 0 Å². The van der Waals surface area contributed by atoms with Crippen molar-refractivity contribution in [1.82, 2.24) is 4.58 Å². The Morgan fingerprint density at radius 3 is 1.96 bits per heavy atom. The summed E-state index contributed by atoms with van der Waals surface area (Å²) in [6.45, 7) is 15.2. The van der Waals surface area contributed by atoms with Crippen LogP contribution in [0.15, 0.2) is 28.7 Å². The first-order chi connectivity index (χ1) is 11.4. The van der Waals surface area contributed by atoms with Crippen LogP contribution in [0.5, 0.6) is 0 Å². The molecular weight excluding hydrogens is 346 g/mol. The Bertz CT molecular complexity index is 729. The van der Waals surface area contributed by atoms with E-state index in [4.69, 9.17) is 23.1 Å². The van der Waals surface area contributed by atoms with Gasteiger partial charge in [-0.1, -0.05) is 20.8 Å². The van der Waals surface area contributed by atoms with E-state index in [0.29, 0.717) is 0 Å². The second-order valence-corrected chi connectivity index (χ2v) is 7.51. The molecule has 1 aliphatic carbocycles. The van der Waals surface area contributed by atoms with Crippen molar-refractivity contribution in [3.05, 3.63) is 40.9 Å². The molecule has 0 aromatic rings. The Kier molecular flexibility index (Phi) is 7.17. The molecule has 0 bridgehead atoms. The van der Waals surface area contributed by atoms with Gasteiger partial charge in [0, 0.05) is 11.6 Å². The lowest BCUT2D eigenvalue weighted by Crippen LogP contribution is -2.68. The largest absolute Gasteiger partial charge is 0.461 e. The molecule has 140 valence electrons. The molecule has 6 nitrogen and oxygen atoms in total. The summed E-state index contributed by atoms with van der Waals surface area (Å²) >= 11 is 0. The minimum atomic E-state index is -4.94. The summed E-state index contributed by atoms with van der Waals surface area (Å²) in [7, 11) is -4.94. The highest BCUT2D eigenvalue weighted by molar-refractivity contribution is 5.64. The number of halogens is 1. The Hall–Kier alpha value is -1.44. The van der Waals surface area contributed by atoms with Crippen molar-refractivity contribution in [2.75, 3.05) is 13.1 Å². The highest BCUT2D eigenvalue weighted by atomic mass is 35.7. The maximum Gasteiger partial charge on any atom is 0.203 e. The molecule has 0 N–H and O–H groups in total. The quantitative estimate of drug-likeness (QED) is 0.632. The lowest BCUT2D eigenvalue weighted by Gasteiger charge is -2.23. The molecule has 0 amide bonds. The molecule has 7 heteroatoms. The van der Waals surface area contributed by atoms with E-state index in [1.54, 1.807) is 0 Å². The van der Waals surface area contributed by atoms with E-state index < -0.39 is 10.2 Å². The Balaban J connectivity index is 0.000000550. The fraction of sp³-hybridized carbons (Fsp3) is 0.500. The number of hydrogen-bond donors (Lipinski definition) is 0. The van der Waals surface area contributed by atoms with E-state index in [9.17, 15) is 0 Å². The lowest BCUT2D eigenvalue weighted by atomic mass is 9.83. The van der Waals surface area contributed by atoms with Gasteiger partial charge in [0.2, 0.25) is 5.36 Å². The summed E-state index contributed by atoms with van der Waals surface area (Å²) in [5.41, 5.74) is 2.69. The molecule has 0 unspecified atom stereocenters. The molecule has 0 aromatic carbocycles. The maximum atomic E-state index is 8.49. The van der Waals surface area contributed by atoms with E-state index in [0.717, 1.165) is 24.6 Å². The predicted octanol–water partition coefficient (Wildman–Crippen LogP) is -0.954. The molecule has 0 aromatic heterocycles. The molecule has 0 fully saturated rings. The second-order valence-electron chi connectivity index (χ2n) is 6.75. The molecule has 1 heterocycles. The summed E-state index contributed by atoms with van der Waals surface area (Å²) < 4.78 is 42.3. The van der Waals surface area contributed by atoms with Crippen molar-refractivity contribution in [2.45, 2.75) is 47.0 Å². The van der Waals surface area contributed by atoms with E-state index >= 15 is 0 Å². The van der Waals surface area contributed by atoms with Gasteiger partial charge in [-0.25, -0.2) is 23.2 Å². The van der Waals surface area contributed by atoms with Gasteiger partial charge in [0.1, 0.15) is 24.6 Å². The van der Waals surface area contributed by atoms with Crippen molar-refractivity contribution in [3.8, 4) is 11.3 Å². The number of benzene rings is 1. The number of aryl methyl sites for hydroxylation is 1. The van der Waals surface area contributed by atoms with Gasteiger partial charge in [-0.15, -0.1) is 10.2 Å². The van der Waals surface area contributed by atoms with Gasteiger partial charge >= 0.3 is 0 Å². The second kappa shape index (κ2) is 8.29. The first-order valence-corrected chi connectivity index (χ1v) is 9.35. The highest BCUT2D eigenvalue weighted by Crippen LogP contribution is 2.34. The molecule has 0 saturated carbocycles. The third-order valence-electron chi connectivity index (χ3n) is 3.81. The van der Waals surface area contributed by atoms with Crippen molar-refractivity contribution >= 4 is 0 Å². The average Bonchev–Trinajstić information content (AvgIpc) is 2.44. The summed E-state index contributed by atoms with van der Waals surface area (Å²) in [5, 5.41) is 1.23. The minimum Gasteiger partial charge on any atom is -0.461 e. The molecular formula is C18H26ClNO5. The Morgan fingerprint density at radius 1 is 1.00 bits per heavy atom. The van der Waals surface area contributed by atoms with Crippen LogP contribution < -0.4 is 28.6 Å². The van der Waals surface area contributed by atoms with Crippen LogP contribution in [0, 0.1) is 17.2 Å². The number of rotatable bonds is 2. The summed E-state index contributed by atoms with van der Waals surface area (Å²) in [6.07, 6.45) is 0. The first kappa shape index (κ1) is 21.6. The van der Waals surface area contributed by atoms with Crippen LogP contribution in [0.1, 0.15) is 45.9 Å². The zero-order valence-electron chi connectivity index (χ0n) is 15.6. The smallest absolute Gasteiger partial charge is 0.203 e. The maximum absolute atomic E-state index is 8.49. The van der Waals surface area contributed by atoms with E-state index in [-0.39, 0.29) is 5.41 Å². The van der Waals surface area contributed by atoms with Crippen LogP contribution in [0.25, 0.3) is 11.3 Å². The van der Waals surface area contributed by atoms with Crippen LogP contribution in [-0.4, -0.2) is 13.1 Å². The van der Waals surface area contributed by atoms with Gasteiger partial charge in [0.05, 0.1) is 6.07 Å². The Labute approximate surface area is 150 Å². The van der Waals surface area contributed by atoms with Crippen molar-refractivity contribution in [2.24, 2.45) is 0 Å². The van der Waals surface area contributed by atoms with Gasteiger partial charge in [-0.2, -0.15) is 0 Å². The topological polar surface area (TPSA) is 108 Å². The van der Waals surface area contributed by atoms with Crippen molar-refractivity contribution in [1.29, 1.82) is 0 Å². The van der Waals surface area contributed by atoms with Gasteiger partial charge in [-0.3, -0.25) is 0 Å². The predicted molar refractivity (Wildman–Crippen MR) is 85.1 cm³/mol. The monoisotopic (exact) mass is 371 g/mol. The molecule has 0 atom stereocenters. The van der Waals surface area contributed by atoms with E-state index in [1.165, 1.54) is 16.5 Å². The summed E-state index contributed by atoms with van der Waals surface area (Å²) in [5.74, 6) is 1.96. The summed E-state index contributed by atoms with van der Waals surface area (Å²) in [4.78, 5) is 0. The molecule has 2 rings (SSSR count). The number of fused-ring (bicyclic) bond motifs is 1. The van der Waals surface area contributed by atoms with Crippen molar-refractivity contribution in [3.63, 3.8) is 0 Å². The SMILES string of the molecule is CC[N+](CC)=c1ccc2c(C(C)(C)C)cc(C)oc-2c1.[O-][Cl+3]([O-])([O-])[O-]. The molecule has 25 heavy (non-hydrogen) atoms. The van der Waals surface area contributed by atoms with E-state index in [2.05, 4.69) is 63.5 Å². The van der Waals surface area contributed by atoms with Crippen LogP contribution >= 0.6 is 0 Å². The van der Waals surface area contributed by atoms with Crippen molar-refractivity contribution < 1.29 is 33.3 Å². The zero-order valence-corrected chi connectivity index (χ0v) is 16.3. The molecule has 0 saturated heterocycles. The van der Waals surface area contributed by atoms with Crippen LogP contribution in [0.2, 0.25) is 0 Å². The van der Waals surface area contributed by atoms with Gasteiger partial charge in [0.15, 0.2) is 0 Å². The third kappa shape index (κ3) is 6.76. The molecule has 1 aliphatic heterocycles. The number of nitrogens with zero attached hydrogens (tertiary/aromatic N) is 1. The standard InChI is InChI=1S/C18H26NO.ClHO4/c1-7-19(8-2)14-9-10-15-16(18(4,5)6)11-13(3)20-17(15)12-14;2-1(3,4)5/h9-12H,7-8H2,1-6H3;(H,2,3,4,5)/q+1;/p-1. The summed E-state index contributed by atoms with van der Waals surface area (Å²) in [6, 6.07) is 8.74. The average molecular weight is 372 g/mol. The molecule has 2 aliphatic rings. The Morgan fingerprint density at radius 2 is 1.52 bits per heavy atom. The van der Waals surface area contributed by atoms with E-state index in [1.807, 2.05) is 6.92 Å². The van der Waals surface area contributed by atoms with Gasteiger partial charge < -0.3 is 4.42 Å². The zero-order chi connectivity index (χ0) is 19.4. The van der Waals surface area contributed by atoms with Crippen LogP contribution in [0.4, 0.5) is 0 Å².